The summed E-state index contributed by atoms with van der Waals surface area (Å²) in [5.74, 6) is 0.611. The van der Waals surface area contributed by atoms with Gasteiger partial charge in [-0.1, -0.05) is 0 Å². The van der Waals surface area contributed by atoms with Gasteiger partial charge in [0.2, 0.25) is 0 Å². The molecule has 0 fully saturated rings. The number of pyridine rings is 1. The summed E-state index contributed by atoms with van der Waals surface area (Å²) in [6, 6.07) is 2.90. The van der Waals surface area contributed by atoms with Crippen LogP contribution in [0.5, 0.6) is 0 Å². The number of H-pyrrole nitrogens is 1. The third-order valence-corrected chi connectivity index (χ3v) is 1.42. The molecule has 0 radical (unpaired) electrons. The van der Waals surface area contributed by atoms with Crippen molar-refractivity contribution < 1.29 is 0 Å². The van der Waals surface area contributed by atoms with Crippen LogP contribution in [0, 0.1) is 0 Å². The number of nitrogens with one attached hydrogen (secondary N) is 1. The van der Waals surface area contributed by atoms with E-state index in [2.05, 4.69) is 15.1 Å². The number of aromatic nitrogens is 4. The summed E-state index contributed by atoms with van der Waals surface area (Å²) in [5.41, 5.74) is -0.0562. The molecule has 0 unspecified atom stereocenters. The Morgan fingerprint density at radius 2 is 2.42 bits per heavy atom. The predicted octanol–water partition coefficient (Wildman–Crippen LogP) is -0.0444. The molecular formula is C7H6N4O. The standard InChI is InChI=1S/C7H6N4O/c12-6-1-2-9-7(3-6)11-5-8-4-10-11/h1-5H,(H,9,12). The van der Waals surface area contributed by atoms with Gasteiger partial charge >= 0.3 is 0 Å². The second-order valence-electron chi connectivity index (χ2n) is 2.25. The summed E-state index contributed by atoms with van der Waals surface area (Å²) in [7, 11) is 0. The van der Waals surface area contributed by atoms with Gasteiger partial charge in [-0.3, -0.25) is 4.79 Å². The number of hydrogen-bond acceptors (Lipinski definition) is 3. The number of hydrogen-bond donors (Lipinski definition) is 1. The van der Waals surface area contributed by atoms with E-state index >= 15 is 0 Å². The van der Waals surface area contributed by atoms with Gasteiger partial charge in [-0.15, -0.1) is 0 Å². The predicted molar refractivity (Wildman–Crippen MR) is 42.0 cm³/mol. The maximum absolute atomic E-state index is 10.9. The smallest absolute Gasteiger partial charge is 0.183 e. The molecule has 0 aliphatic rings. The van der Waals surface area contributed by atoms with Crippen molar-refractivity contribution in [2.24, 2.45) is 0 Å². The molecule has 0 saturated heterocycles. The number of nitrogens with zero attached hydrogens (tertiary/aromatic N) is 3. The van der Waals surface area contributed by atoms with E-state index in [1.165, 1.54) is 29.5 Å². The summed E-state index contributed by atoms with van der Waals surface area (Å²) >= 11 is 0. The van der Waals surface area contributed by atoms with E-state index < -0.39 is 0 Å². The zero-order valence-corrected chi connectivity index (χ0v) is 6.14. The SMILES string of the molecule is O=c1cc[nH]c(-n2cncn2)c1. The minimum atomic E-state index is -0.0562. The Morgan fingerprint density at radius 1 is 1.50 bits per heavy atom. The minimum absolute atomic E-state index is 0.0562. The molecule has 2 aromatic heterocycles. The Balaban J connectivity index is 2.55. The van der Waals surface area contributed by atoms with E-state index in [1.807, 2.05) is 0 Å². The Labute approximate surface area is 67.7 Å². The van der Waals surface area contributed by atoms with Gasteiger partial charge in [-0.05, 0) is 0 Å². The quantitative estimate of drug-likeness (QED) is 0.639. The molecule has 2 aromatic rings. The van der Waals surface area contributed by atoms with Gasteiger partial charge in [0.1, 0.15) is 18.5 Å². The van der Waals surface area contributed by atoms with Gasteiger partial charge in [0.25, 0.3) is 0 Å². The fraction of sp³-hybridized carbons (Fsp3) is 0. The lowest BCUT2D eigenvalue weighted by Gasteiger charge is -1.96. The summed E-state index contributed by atoms with van der Waals surface area (Å²) < 4.78 is 1.49. The molecular weight excluding hydrogens is 156 g/mol. The summed E-state index contributed by atoms with van der Waals surface area (Å²) in [6.07, 6.45) is 4.50. The molecule has 12 heavy (non-hydrogen) atoms. The summed E-state index contributed by atoms with van der Waals surface area (Å²) in [4.78, 5) is 17.5. The highest BCUT2D eigenvalue weighted by molar-refractivity contribution is 5.18. The molecule has 60 valence electrons. The fourth-order valence-corrected chi connectivity index (χ4v) is 0.899. The van der Waals surface area contributed by atoms with E-state index in [0.29, 0.717) is 5.82 Å². The Bertz CT molecular complexity index is 417. The first-order valence-electron chi connectivity index (χ1n) is 3.40. The van der Waals surface area contributed by atoms with E-state index in [0.717, 1.165) is 0 Å². The molecule has 0 saturated carbocycles. The van der Waals surface area contributed by atoms with Crippen molar-refractivity contribution in [2.45, 2.75) is 0 Å². The van der Waals surface area contributed by atoms with Gasteiger partial charge in [-0.2, -0.15) is 5.10 Å². The largest absolute Gasteiger partial charge is 0.346 e. The normalized spacial score (nSPS) is 10.0. The van der Waals surface area contributed by atoms with Crippen molar-refractivity contribution in [1.29, 1.82) is 0 Å². The maximum atomic E-state index is 10.9. The highest BCUT2D eigenvalue weighted by atomic mass is 16.1. The van der Waals surface area contributed by atoms with Crippen molar-refractivity contribution in [3.05, 3.63) is 41.2 Å². The lowest BCUT2D eigenvalue weighted by Crippen LogP contribution is -2.04. The van der Waals surface area contributed by atoms with Crippen LogP contribution in [0.2, 0.25) is 0 Å². The molecule has 2 heterocycles. The molecule has 5 nitrogen and oxygen atoms in total. The van der Waals surface area contributed by atoms with Crippen LogP contribution in [0.4, 0.5) is 0 Å². The van der Waals surface area contributed by atoms with Crippen LogP contribution >= 0.6 is 0 Å². The van der Waals surface area contributed by atoms with Crippen LogP contribution in [0.1, 0.15) is 0 Å². The first kappa shape index (κ1) is 6.78. The first-order valence-corrected chi connectivity index (χ1v) is 3.40. The van der Waals surface area contributed by atoms with Gasteiger partial charge < -0.3 is 4.98 Å². The van der Waals surface area contributed by atoms with Crippen LogP contribution in [0.15, 0.2) is 35.8 Å². The van der Waals surface area contributed by atoms with Crippen LogP contribution in [0.25, 0.3) is 5.82 Å². The van der Waals surface area contributed by atoms with E-state index in [9.17, 15) is 4.79 Å². The van der Waals surface area contributed by atoms with Gasteiger partial charge in [0, 0.05) is 18.3 Å². The second-order valence-corrected chi connectivity index (χ2v) is 2.25. The maximum Gasteiger partial charge on any atom is 0.183 e. The van der Waals surface area contributed by atoms with E-state index in [4.69, 9.17) is 0 Å². The van der Waals surface area contributed by atoms with Crippen molar-refractivity contribution >= 4 is 0 Å². The molecule has 0 bridgehead atoms. The van der Waals surface area contributed by atoms with Crippen LogP contribution in [-0.2, 0) is 0 Å². The average molecular weight is 162 g/mol. The highest BCUT2D eigenvalue weighted by Gasteiger charge is 1.95. The minimum Gasteiger partial charge on any atom is -0.346 e. The molecule has 0 aromatic carbocycles. The molecule has 2 rings (SSSR count). The van der Waals surface area contributed by atoms with Crippen molar-refractivity contribution in [1.82, 2.24) is 19.7 Å². The zero-order valence-electron chi connectivity index (χ0n) is 6.14. The van der Waals surface area contributed by atoms with E-state index in [1.54, 1.807) is 6.20 Å². The third-order valence-electron chi connectivity index (χ3n) is 1.42. The van der Waals surface area contributed by atoms with Crippen LogP contribution < -0.4 is 5.43 Å². The van der Waals surface area contributed by atoms with Gasteiger partial charge in [0.15, 0.2) is 5.43 Å². The monoisotopic (exact) mass is 162 g/mol. The second kappa shape index (κ2) is 2.61. The Kier molecular flexibility index (Phi) is 1.48. The van der Waals surface area contributed by atoms with E-state index in [-0.39, 0.29) is 5.43 Å². The van der Waals surface area contributed by atoms with Crippen LogP contribution in [-0.4, -0.2) is 19.7 Å². The molecule has 0 amide bonds. The third kappa shape index (κ3) is 1.12. The topological polar surface area (TPSA) is 63.6 Å². The molecule has 0 aliphatic carbocycles. The summed E-state index contributed by atoms with van der Waals surface area (Å²) in [5, 5.41) is 3.86. The first-order chi connectivity index (χ1) is 5.86. The summed E-state index contributed by atoms with van der Waals surface area (Å²) in [6.45, 7) is 0. The lowest BCUT2D eigenvalue weighted by atomic mass is 10.4. The average Bonchev–Trinajstić information content (AvgIpc) is 2.56. The number of aromatic amines is 1. The molecule has 1 N–H and O–H groups in total. The van der Waals surface area contributed by atoms with Crippen molar-refractivity contribution in [2.75, 3.05) is 0 Å². The lowest BCUT2D eigenvalue weighted by molar-refractivity contribution is 0.843. The highest BCUT2D eigenvalue weighted by Crippen LogP contribution is 1.93. The molecule has 5 heteroatoms. The molecule has 0 spiro atoms. The van der Waals surface area contributed by atoms with Crippen molar-refractivity contribution in [3.8, 4) is 5.82 Å². The zero-order chi connectivity index (χ0) is 8.39. The Hall–Kier alpha value is -1.91. The van der Waals surface area contributed by atoms with Gasteiger partial charge in [-0.25, -0.2) is 9.67 Å². The molecule has 0 atom stereocenters. The fourth-order valence-electron chi connectivity index (χ4n) is 0.899. The van der Waals surface area contributed by atoms with Crippen molar-refractivity contribution in [3.63, 3.8) is 0 Å². The van der Waals surface area contributed by atoms with Crippen LogP contribution in [0.3, 0.4) is 0 Å². The Morgan fingerprint density at radius 3 is 3.08 bits per heavy atom. The van der Waals surface area contributed by atoms with Gasteiger partial charge in [0.05, 0.1) is 0 Å². The number of rotatable bonds is 1. The molecule has 0 aliphatic heterocycles.